The summed E-state index contributed by atoms with van der Waals surface area (Å²) in [6, 6.07) is 11.0. The fraction of sp³-hybridized carbons (Fsp3) is 0.0714. The summed E-state index contributed by atoms with van der Waals surface area (Å²) < 4.78 is 27.5. The summed E-state index contributed by atoms with van der Waals surface area (Å²) in [4.78, 5) is 22.3. The highest BCUT2D eigenvalue weighted by Gasteiger charge is 2.25. The van der Waals surface area contributed by atoms with Crippen molar-refractivity contribution in [2.45, 2.75) is 4.90 Å². The average molecular weight is 321 g/mol. The molecule has 114 valence electrons. The Morgan fingerprint density at radius 3 is 2.32 bits per heavy atom. The number of nitrogens with zero attached hydrogens (tertiary/aromatic N) is 1. The van der Waals surface area contributed by atoms with Crippen molar-refractivity contribution in [1.82, 2.24) is 0 Å². The molecule has 0 aliphatic carbocycles. The monoisotopic (exact) mass is 321 g/mol. The van der Waals surface area contributed by atoms with Crippen LogP contribution in [-0.2, 0) is 14.3 Å². The van der Waals surface area contributed by atoms with E-state index in [4.69, 9.17) is 0 Å². The molecule has 0 saturated carbocycles. The van der Waals surface area contributed by atoms with Gasteiger partial charge in [-0.25, -0.2) is 0 Å². The van der Waals surface area contributed by atoms with Crippen LogP contribution in [0.5, 0.6) is 0 Å². The summed E-state index contributed by atoms with van der Waals surface area (Å²) in [7, 11) is -3.13. The first-order chi connectivity index (χ1) is 10.4. The maximum absolute atomic E-state index is 12.3. The lowest BCUT2D eigenvalue weighted by molar-refractivity contribution is -0.385. The summed E-state index contributed by atoms with van der Waals surface area (Å²) >= 11 is 0. The van der Waals surface area contributed by atoms with Crippen molar-refractivity contribution in [3.8, 4) is 0 Å². The molecule has 0 atom stereocenters. The summed E-state index contributed by atoms with van der Waals surface area (Å²) in [6.45, 7) is 0. The number of nitro benzene ring substituents is 1. The van der Waals surface area contributed by atoms with Gasteiger partial charge in [-0.2, -0.15) is 8.42 Å². The molecule has 8 heteroatoms. The Labute approximate surface area is 126 Å². The smallest absolute Gasteiger partial charge is 0.288 e. The molecule has 0 bridgehead atoms. The van der Waals surface area contributed by atoms with Gasteiger partial charge in [-0.15, -0.1) is 0 Å². The van der Waals surface area contributed by atoms with Crippen LogP contribution in [-0.4, -0.2) is 26.2 Å². The molecule has 0 heterocycles. The molecule has 0 spiro atoms. The minimum Gasteiger partial charge on any atom is -0.288 e. The first-order valence-electron chi connectivity index (χ1n) is 6.05. The third kappa shape index (κ3) is 3.02. The van der Waals surface area contributed by atoms with Crippen LogP contribution in [0.2, 0.25) is 0 Å². The Balaban J connectivity index is 2.58. The molecular formula is C14H11NO6S. The van der Waals surface area contributed by atoms with E-state index in [1.54, 1.807) is 18.2 Å². The van der Waals surface area contributed by atoms with Gasteiger partial charge < -0.3 is 0 Å². The highest BCUT2D eigenvalue weighted by molar-refractivity contribution is 7.86. The minimum atomic E-state index is -4.08. The molecule has 0 unspecified atom stereocenters. The molecule has 0 aliphatic heterocycles. The molecule has 0 saturated heterocycles. The van der Waals surface area contributed by atoms with Gasteiger partial charge in [0.2, 0.25) is 0 Å². The lowest BCUT2D eigenvalue weighted by atomic mass is 10.0. The first kappa shape index (κ1) is 15.8. The number of carbonyl (C=O) groups is 1. The standard InChI is InChI=1S/C14H11NO6S/c1-21-22(19,20)11-7-8-12(13(9-11)15(17)18)14(16)10-5-3-2-4-6-10/h2-9H,1H3. The van der Waals surface area contributed by atoms with Crippen molar-refractivity contribution in [2.75, 3.05) is 7.11 Å². The highest BCUT2D eigenvalue weighted by atomic mass is 32.2. The lowest BCUT2D eigenvalue weighted by Gasteiger charge is -2.05. The minimum absolute atomic E-state index is 0.189. The normalized spacial score (nSPS) is 11.1. The molecule has 2 aromatic carbocycles. The quantitative estimate of drug-likeness (QED) is 0.362. The zero-order chi connectivity index (χ0) is 16.3. The van der Waals surface area contributed by atoms with Crippen molar-refractivity contribution < 1.29 is 22.3 Å². The van der Waals surface area contributed by atoms with E-state index in [9.17, 15) is 23.3 Å². The molecule has 0 aromatic heterocycles. The molecule has 22 heavy (non-hydrogen) atoms. The molecule has 0 fully saturated rings. The van der Waals surface area contributed by atoms with Crippen LogP contribution in [0.1, 0.15) is 15.9 Å². The number of benzene rings is 2. The summed E-state index contributed by atoms with van der Waals surface area (Å²) in [5.41, 5.74) is -0.508. The van der Waals surface area contributed by atoms with Gasteiger partial charge in [0.1, 0.15) is 10.5 Å². The summed E-state index contributed by atoms with van der Waals surface area (Å²) in [6.07, 6.45) is 0. The number of carbonyl (C=O) groups excluding carboxylic acids is 1. The lowest BCUT2D eigenvalue weighted by Crippen LogP contribution is -2.08. The Bertz CT molecular complexity index is 830. The number of hydrogen-bond acceptors (Lipinski definition) is 6. The van der Waals surface area contributed by atoms with Gasteiger partial charge in [-0.1, -0.05) is 30.3 Å². The van der Waals surface area contributed by atoms with Gasteiger partial charge >= 0.3 is 0 Å². The molecule has 0 aliphatic rings. The second-order valence-electron chi connectivity index (χ2n) is 4.25. The predicted octanol–water partition coefficient (Wildman–Crippen LogP) is 2.16. The summed E-state index contributed by atoms with van der Waals surface area (Å²) in [5, 5.41) is 11.1. The topological polar surface area (TPSA) is 104 Å². The molecule has 0 amide bonds. The Morgan fingerprint density at radius 2 is 1.77 bits per heavy atom. The Hall–Kier alpha value is -2.58. The first-order valence-corrected chi connectivity index (χ1v) is 7.46. The van der Waals surface area contributed by atoms with Gasteiger partial charge in [-0.05, 0) is 12.1 Å². The number of nitro groups is 1. The fourth-order valence-corrected chi connectivity index (χ4v) is 2.53. The maximum Gasteiger partial charge on any atom is 0.296 e. The van der Waals surface area contributed by atoms with E-state index >= 15 is 0 Å². The second kappa shape index (κ2) is 6.04. The van der Waals surface area contributed by atoms with E-state index in [1.165, 1.54) is 12.1 Å². The predicted molar refractivity (Wildman–Crippen MR) is 77.2 cm³/mol. The molecule has 2 aromatic rings. The van der Waals surface area contributed by atoms with E-state index in [2.05, 4.69) is 4.18 Å². The molecule has 0 N–H and O–H groups in total. The van der Waals surface area contributed by atoms with E-state index < -0.39 is 26.5 Å². The Morgan fingerprint density at radius 1 is 1.14 bits per heavy atom. The summed E-state index contributed by atoms with van der Waals surface area (Å²) in [5.74, 6) is -0.561. The zero-order valence-corrected chi connectivity index (χ0v) is 12.2. The molecule has 7 nitrogen and oxygen atoms in total. The van der Waals surface area contributed by atoms with Crippen LogP contribution in [0, 0.1) is 10.1 Å². The fourth-order valence-electron chi connectivity index (χ4n) is 1.85. The molecular weight excluding hydrogens is 310 g/mol. The van der Waals surface area contributed by atoms with Gasteiger partial charge in [0, 0.05) is 11.6 Å². The van der Waals surface area contributed by atoms with E-state index in [-0.39, 0.29) is 16.0 Å². The largest absolute Gasteiger partial charge is 0.296 e. The second-order valence-corrected chi connectivity index (χ2v) is 5.96. The third-order valence-corrected chi connectivity index (χ3v) is 4.22. The number of rotatable bonds is 5. The third-order valence-electron chi connectivity index (χ3n) is 2.95. The highest BCUT2D eigenvalue weighted by Crippen LogP contribution is 2.26. The van der Waals surface area contributed by atoms with Crippen LogP contribution in [0.15, 0.2) is 53.4 Å². The van der Waals surface area contributed by atoms with Crippen LogP contribution >= 0.6 is 0 Å². The van der Waals surface area contributed by atoms with Crippen molar-refractivity contribution in [3.05, 3.63) is 69.8 Å². The average Bonchev–Trinajstić information content (AvgIpc) is 2.54. The van der Waals surface area contributed by atoms with E-state index in [0.717, 1.165) is 25.3 Å². The van der Waals surface area contributed by atoms with Crippen LogP contribution in [0.4, 0.5) is 5.69 Å². The van der Waals surface area contributed by atoms with Gasteiger partial charge in [0.25, 0.3) is 15.8 Å². The van der Waals surface area contributed by atoms with Crippen molar-refractivity contribution in [2.24, 2.45) is 0 Å². The number of ketones is 1. The number of hydrogen-bond donors (Lipinski definition) is 0. The van der Waals surface area contributed by atoms with Crippen molar-refractivity contribution in [3.63, 3.8) is 0 Å². The van der Waals surface area contributed by atoms with E-state index in [1.807, 2.05) is 0 Å². The van der Waals surface area contributed by atoms with Gasteiger partial charge in [0.05, 0.1) is 12.0 Å². The Kier molecular flexibility index (Phi) is 4.34. The van der Waals surface area contributed by atoms with Gasteiger partial charge in [0.15, 0.2) is 5.78 Å². The van der Waals surface area contributed by atoms with Crippen LogP contribution in [0.25, 0.3) is 0 Å². The SMILES string of the molecule is COS(=O)(=O)c1ccc(C(=O)c2ccccc2)c([N+](=O)[O-])c1. The van der Waals surface area contributed by atoms with Crippen molar-refractivity contribution >= 4 is 21.6 Å². The van der Waals surface area contributed by atoms with Crippen molar-refractivity contribution in [1.29, 1.82) is 0 Å². The van der Waals surface area contributed by atoms with E-state index in [0.29, 0.717) is 0 Å². The van der Waals surface area contributed by atoms with Crippen LogP contribution in [0.3, 0.4) is 0 Å². The van der Waals surface area contributed by atoms with Crippen LogP contribution < -0.4 is 0 Å². The van der Waals surface area contributed by atoms with Gasteiger partial charge in [-0.3, -0.25) is 19.1 Å². The molecule has 0 radical (unpaired) electrons. The zero-order valence-electron chi connectivity index (χ0n) is 11.4. The maximum atomic E-state index is 12.3. The molecule has 2 rings (SSSR count).